The van der Waals surface area contributed by atoms with Crippen molar-refractivity contribution in [1.82, 2.24) is 0 Å². The first-order chi connectivity index (χ1) is 5.92. The van der Waals surface area contributed by atoms with Gasteiger partial charge in [0, 0.05) is 18.9 Å². The van der Waals surface area contributed by atoms with Gasteiger partial charge in [-0.1, -0.05) is 20.8 Å². The van der Waals surface area contributed by atoms with Crippen molar-refractivity contribution >= 4 is 6.21 Å². The van der Waals surface area contributed by atoms with Crippen molar-refractivity contribution in [2.45, 2.75) is 47.1 Å². The summed E-state index contributed by atoms with van der Waals surface area (Å²) in [6.07, 6.45) is 2.95. The van der Waals surface area contributed by atoms with Gasteiger partial charge in [0.25, 0.3) is 0 Å². The zero-order valence-electron chi connectivity index (χ0n) is 9.63. The highest BCUT2D eigenvalue weighted by molar-refractivity contribution is 5.58. The third-order valence-corrected chi connectivity index (χ3v) is 1.59. The van der Waals surface area contributed by atoms with Crippen LogP contribution in [0.5, 0.6) is 0 Å². The van der Waals surface area contributed by atoms with Crippen LogP contribution in [-0.4, -0.2) is 25.5 Å². The molecule has 0 aliphatic rings. The van der Waals surface area contributed by atoms with Gasteiger partial charge < -0.3 is 4.74 Å². The van der Waals surface area contributed by atoms with Gasteiger partial charge in [-0.2, -0.15) is 0 Å². The Bertz CT molecular complexity index is 145. The van der Waals surface area contributed by atoms with Gasteiger partial charge >= 0.3 is 0 Å². The lowest BCUT2D eigenvalue weighted by atomic mass is 9.93. The smallest absolute Gasteiger partial charge is 0.0814 e. The minimum Gasteiger partial charge on any atom is -0.376 e. The lowest BCUT2D eigenvalue weighted by molar-refractivity contribution is 0.140. The summed E-state index contributed by atoms with van der Waals surface area (Å²) in [5.41, 5.74) is 0.370. The minimum absolute atomic E-state index is 0.370. The summed E-state index contributed by atoms with van der Waals surface area (Å²) >= 11 is 0. The molecule has 0 spiro atoms. The van der Waals surface area contributed by atoms with E-state index in [4.69, 9.17) is 4.74 Å². The van der Waals surface area contributed by atoms with Crippen molar-refractivity contribution < 1.29 is 4.74 Å². The van der Waals surface area contributed by atoms with Crippen molar-refractivity contribution in [3.05, 3.63) is 0 Å². The first kappa shape index (κ1) is 12.6. The van der Waals surface area contributed by atoms with E-state index in [9.17, 15) is 0 Å². The number of aliphatic imine (C=N–C) groups is 1. The zero-order chi connectivity index (χ0) is 10.3. The molecule has 0 radical (unpaired) electrons. The average molecular weight is 185 g/mol. The summed E-state index contributed by atoms with van der Waals surface area (Å²) < 4.78 is 5.41. The fourth-order valence-corrected chi connectivity index (χ4v) is 0.768. The topological polar surface area (TPSA) is 21.6 Å². The third kappa shape index (κ3) is 11.6. The normalized spacial score (nSPS) is 13.1. The maximum Gasteiger partial charge on any atom is 0.0814 e. The van der Waals surface area contributed by atoms with Gasteiger partial charge in [-0.25, -0.2) is 0 Å². The second kappa shape index (κ2) is 6.14. The molecule has 0 saturated carbocycles. The molecular formula is C11H23NO. The summed E-state index contributed by atoms with van der Waals surface area (Å²) in [4.78, 5) is 4.21. The summed E-state index contributed by atoms with van der Waals surface area (Å²) in [6.45, 7) is 12.3. The van der Waals surface area contributed by atoms with Crippen molar-refractivity contribution in [3.8, 4) is 0 Å². The molecule has 0 fully saturated rings. The van der Waals surface area contributed by atoms with Crippen molar-refractivity contribution in [3.63, 3.8) is 0 Å². The van der Waals surface area contributed by atoms with Gasteiger partial charge in [-0.3, -0.25) is 4.99 Å². The maximum absolute atomic E-state index is 5.41. The maximum atomic E-state index is 5.41. The van der Waals surface area contributed by atoms with E-state index in [1.165, 1.54) is 0 Å². The number of hydrogen-bond donors (Lipinski definition) is 0. The number of hydrogen-bond acceptors (Lipinski definition) is 2. The standard InChI is InChI=1S/C11H23NO/c1-10(2)12-7-9-13-8-6-11(3,4)5/h7,10H,6,8-9H2,1-5H3. The molecule has 0 aromatic heterocycles. The van der Waals surface area contributed by atoms with Crippen LogP contribution in [0, 0.1) is 5.41 Å². The molecule has 2 nitrogen and oxygen atoms in total. The van der Waals surface area contributed by atoms with E-state index in [0.717, 1.165) is 13.0 Å². The summed E-state index contributed by atoms with van der Waals surface area (Å²) in [7, 11) is 0. The van der Waals surface area contributed by atoms with Crippen LogP contribution < -0.4 is 0 Å². The molecule has 0 unspecified atom stereocenters. The Labute approximate surface area is 82.4 Å². The highest BCUT2D eigenvalue weighted by atomic mass is 16.5. The summed E-state index contributed by atoms with van der Waals surface area (Å²) in [6, 6.07) is 0.381. The molecule has 0 saturated heterocycles. The van der Waals surface area contributed by atoms with E-state index in [1.807, 2.05) is 6.21 Å². The first-order valence-electron chi connectivity index (χ1n) is 5.01. The van der Waals surface area contributed by atoms with Crippen molar-refractivity contribution in [2.75, 3.05) is 13.2 Å². The molecule has 0 bridgehead atoms. The molecule has 0 rings (SSSR count). The molecule has 0 aromatic carbocycles. The van der Waals surface area contributed by atoms with Crippen LogP contribution in [0.1, 0.15) is 41.0 Å². The Balaban J connectivity index is 3.27. The molecule has 0 N–H and O–H groups in total. The van der Waals surface area contributed by atoms with E-state index < -0.39 is 0 Å². The van der Waals surface area contributed by atoms with Crippen molar-refractivity contribution in [2.24, 2.45) is 10.4 Å². The van der Waals surface area contributed by atoms with Gasteiger partial charge in [0.15, 0.2) is 0 Å². The second-order valence-electron chi connectivity index (χ2n) is 4.81. The van der Waals surface area contributed by atoms with Gasteiger partial charge in [0.2, 0.25) is 0 Å². The predicted octanol–water partition coefficient (Wildman–Crippen LogP) is 2.92. The fraction of sp³-hybridized carbons (Fsp3) is 0.909. The molecule has 13 heavy (non-hydrogen) atoms. The van der Waals surface area contributed by atoms with E-state index in [-0.39, 0.29) is 0 Å². The van der Waals surface area contributed by atoms with Gasteiger partial charge in [-0.05, 0) is 25.7 Å². The number of rotatable bonds is 5. The molecular weight excluding hydrogens is 162 g/mol. The fourth-order valence-electron chi connectivity index (χ4n) is 0.768. The molecule has 2 heteroatoms. The van der Waals surface area contributed by atoms with E-state index in [2.05, 4.69) is 39.6 Å². The van der Waals surface area contributed by atoms with E-state index >= 15 is 0 Å². The van der Waals surface area contributed by atoms with E-state index in [1.54, 1.807) is 0 Å². The predicted molar refractivity (Wildman–Crippen MR) is 58.5 cm³/mol. The lowest BCUT2D eigenvalue weighted by Crippen LogP contribution is -2.10. The third-order valence-electron chi connectivity index (χ3n) is 1.59. The molecule has 0 aliphatic heterocycles. The van der Waals surface area contributed by atoms with Gasteiger partial charge in [0.05, 0.1) is 6.61 Å². The largest absolute Gasteiger partial charge is 0.376 e. The van der Waals surface area contributed by atoms with Gasteiger partial charge in [-0.15, -0.1) is 0 Å². The van der Waals surface area contributed by atoms with Crippen LogP contribution in [0.4, 0.5) is 0 Å². The van der Waals surface area contributed by atoms with E-state index in [0.29, 0.717) is 18.1 Å². The highest BCUT2D eigenvalue weighted by Crippen LogP contribution is 2.17. The highest BCUT2D eigenvalue weighted by Gasteiger charge is 2.08. The van der Waals surface area contributed by atoms with Crippen LogP contribution in [0.2, 0.25) is 0 Å². The second-order valence-corrected chi connectivity index (χ2v) is 4.81. The summed E-state index contributed by atoms with van der Waals surface area (Å²) in [5, 5.41) is 0. The SMILES string of the molecule is CC(C)N=CCOCCC(C)(C)C. The molecule has 0 amide bonds. The monoisotopic (exact) mass is 185 g/mol. The Morgan fingerprint density at radius 3 is 2.38 bits per heavy atom. The number of nitrogens with zero attached hydrogens (tertiary/aromatic N) is 1. The van der Waals surface area contributed by atoms with Crippen LogP contribution >= 0.6 is 0 Å². The van der Waals surface area contributed by atoms with Crippen LogP contribution in [-0.2, 0) is 4.74 Å². The minimum atomic E-state index is 0.370. The molecule has 78 valence electrons. The Morgan fingerprint density at radius 1 is 1.31 bits per heavy atom. The van der Waals surface area contributed by atoms with Gasteiger partial charge in [0.1, 0.15) is 0 Å². The first-order valence-corrected chi connectivity index (χ1v) is 5.01. The van der Waals surface area contributed by atoms with Crippen LogP contribution in [0.25, 0.3) is 0 Å². The van der Waals surface area contributed by atoms with Crippen LogP contribution in [0.15, 0.2) is 4.99 Å². The van der Waals surface area contributed by atoms with Crippen molar-refractivity contribution in [1.29, 1.82) is 0 Å². The average Bonchev–Trinajstić information content (AvgIpc) is 1.93. The lowest BCUT2D eigenvalue weighted by Gasteiger charge is -2.17. The Morgan fingerprint density at radius 2 is 1.92 bits per heavy atom. The quantitative estimate of drug-likeness (QED) is 0.476. The zero-order valence-corrected chi connectivity index (χ0v) is 9.63. The number of ether oxygens (including phenoxy) is 1. The molecule has 0 heterocycles. The molecule has 0 aliphatic carbocycles. The summed E-state index contributed by atoms with van der Waals surface area (Å²) in [5.74, 6) is 0. The van der Waals surface area contributed by atoms with Crippen LogP contribution in [0.3, 0.4) is 0 Å². The molecule has 0 aromatic rings. The Hall–Kier alpha value is -0.370. The molecule has 0 atom stereocenters. The Kier molecular flexibility index (Phi) is 5.97.